The van der Waals surface area contributed by atoms with E-state index in [2.05, 4.69) is 17.0 Å². The van der Waals surface area contributed by atoms with Crippen LogP contribution in [0.2, 0.25) is 0 Å². The standard InChI is InChI=1S/C12H16N4O/c1-3-6-16-8-5-13-12(16)9-11(17)10-4-7-15(2)14-10/h4-5,7-8H,3,6,9H2,1-2H3. The van der Waals surface area contributed by atoms with Crippen LogP contribution in [0.15, 0.2) is 24.7 Å². The van der Waals surface area contributed by atoms with Gasteiger partial charge in [-0.05, 0) is 12.5 Å². The molecule has 0 amide bonds. The second-order valence-corrected chi connectivity index (χ2v) is 4.01. The largest absolute Gasteiger partial charge is 0.335 e. The zero-order chi connectivity index (χ0) is 12.3. The predicted molar refractivity (Wildman–Crippen MR) is 63.8 cm³/mol. The number of carbonyl (C=O) groups excluding carboxylic acids is 1. The number of Topliss-reactive ketones (excluding diaryl/α,β-unsaturated/α-hetero) is 1. The highest BCUT2D eigenvalue weighted by Gasteiger charge is 2.13. The predicted octanol–water partition coefficient (Wildman–Crippen LogP) is 1.45. The van der Waals surface area contributed by atoms with Crippen molar-refractivity contribution in [2.24, 2.45) is 7.05 Å². The smallest absolute Gasteiger partial charge is 0.190 e. The van der Waals surface area contributed by atoms with Gasteiger partial charge in [0, 0.05) is 32.2 Å². The van der Waals surface area contributed by atoms with E-state index in [9.17, 15) is 4.79 Å². The lowest BCUT2D eigenvalue weighted by atomic mass is 10.2. The highest BCUT2D eigenvalue weighted by atomic mass is 16.1. The summed E-state index contributed by atoms with van der Waals surface area (Å²) in [6.07, 6.45) is 6.75. The molecule has 90 valence electrons. The van der Waals surface area contributed by atoms with Gasteiger partial charge in [-0.1, -0.05) is 6.92 Å². The number of nitrogens with zero attached hydrogens (tertiary/aromatic N) is 4. The molecule has 0 spiro atoms. The van der Waals surface area contributed by atoms with Gasteiger partial charge < -0.3 is 4.57 Å². The highest BCUT2D eigenvalue weighted by molar-refractivity contribution is 5.95. The molecule has 2 aromatic rings. The normalized spacial score (nSPS) is 10.7. The van der Waals surface area contributed by atoms with Crippen LogP contribution in [0.3, 0.4) is 0 Å². The highest BCUT2D eigenvalue weighted by Crippen LogP contribution is 2.05. The summed E-state index contributed by atoms with van der Waals surface area (Å²) in [5, 5.41) is 4.10. The molecule has 2 aromatic heterocycles. The Kier molecular flexibility index (Phi) is 3.37. The van der Waals surface area contributed by atoms with Gasteiger partial charge in [0.2, 0.25) is 0 Å². The molecule has 0 saturated heterocycles. The molecule has 0 aliphatic heterocycles. The summed E-state index contributed by atoms with van der Waals surface area (Å²) < 4.78 is 3.65. The molecular weight excluding hydrogens is 216 g/mol. The molecule has 0 bridgehead atoms. The van der Waals surface area contributed by atoms with Gasteiger partial charge in [-0.25, -0.2) is 4.98 Å². The molecule has 5 nitrogen and oxygen atoms in total. The average molecular weight is 232 g/mol. The minimum Gasteiger partial charge on any atom is -0.335 e. The molecule has 0 aliphatic carbocycles. The van der Waals surface area contributed by atoms with E-state index >= 15 is 0 Å². The summed E-state index contributed by atoms with van der Waals surface area (Å²) in [4.78, 5) is 16.2. The third kappa shape index (κ3) is 2.61. The lowest BCUT2D eigenvalue weighted by Crippen LogP contribution is -2.11. The summed E-state index contributed by atoms with van der Waals surface area (Å²) in [6.45, 7) is 3.00. The molecule has 0 radical (unpaired) electrons. The first kappa shape index (κ1) is 11.6. The number of aryl methyl sites for hydroxylation is 2. The second-order valence-electron chi connectivity index (χ2n) is 4.01. The number of carbonyl (C=O) groups is 1. The van der Waals surface area contributed by atoms with E-state index in [4.69, 9.17) is 0 Å². The van der Waals surface area contributed by atoms with Gasteiger partial charge in [-0.2, -0.15) is 5.10 Å². The topological polar surface area (TPSA) is 52.7 Å². The van der Waals surface area contributed by atoms with Gasteiger partial charge in [-0.15, -0.1) is 0 Å². The average Bonchev–Trinajstić information content (AvgIpc) is 2.89. The molecule has 0 N–H and O–H groups in total. The van der Waals surface area contributed by atoms with Gasteiger partial charge in [0.25, 0.3) is 0 Å². The number of rotatable bonds is 5. The van der Waals surface area contributed by atoms with Crippen LogP contribution in [0.25, 0.3) is 0 Å². The van der Waals surface area contributed by atoms with Crippen molar-refractivity contribution in [3.63, 3.8) is 0 Å². The maximum absolute atomic E-state index is 12.0. The quantitative estimate of drug-likeness (QED) is 0.733. The van der Waals surface area contributed by atoms with E-state index in [1.165, 1.54) is 0 Å². The number of aromatic nitrogens is 4. The third-order valence-electron chi connectivity index (χ3n) is 2.58. The molecule has 2 rings (SSSR count). The Labute approximate surface area is 100 Å². The molecule has 0 atom stereocenters. The Balaban J connectivity index is 2.10. The first-order chi connectivity index (χ1) is 8.20. The fourth-order valence-corrected chi connectivity index (χ4v) is 1.75. The van der Waals surface area contributed by atoms with Crippen LogP contribution in [-0.4, -0.2) is 25.1 Å². The molecule has 0 saturated carbocycles. The number of ketones is 1. The first-order valence-electron chi connectivity index (χ1n) is 5.73. The molecular formula is C12H16N4O. The maximum Gasteiger partial charge on any atom is 0.190 e. The lowest BCUT2D eigenvalue weighted by molar-refractivity contribution is 0.0984. The third-order valence-corrected chi connectivity index (χ3v) is 2.58. The minimum atomic E-state index is 0.00848. The van der Waals surface area contributed by atoms with Gasteiger partial charge in [-0.3, -0.25) is 9.48 Å². The van der Waals surface area contributed by atoms with E-state index in [-0.39, 0.29) is 5.78 Å². The van der Waals surface area contributed by atoms with Gasteiger partial charge >= 0.3 is 0 Å². The van der Waals surface area contributed by atoms with E-state index in [0.717, 1.165) is 18.8 Å². The van der Waals surface area contributed by atoms with E-state index in [1.807, 2.05) is 10.8 Å². The van der Waals surface area contributed by atoms with Crippen molar-refractivity contribution < 1.29 is 4.79 Å². The molecule has 0 unspecified atom stereocenters. The Bertz CT molecular complexity index is 512. The molecule has 0 aromatic carbocycles. The molecule has 17 heavy (non-hydrogen) atoms. The number of hydrogen-bond acceptors (Lipinski definition) is 3. The Morgan fingerprint density at radius 1 is 1.41 bits per heavy atom. The van der Waals surface area contributed by atoms with Crippen molar-refractivity contribution in [2.45, 2.75) is 26.3 Å². The Morgan fingerprint density at radius 2 is 2.24 bits per heavy atom. The SMILES string of the molecule is CCCn1ccnc1CC(=O)c1ccn(C)n1. The molecule has 2 heterocycles. The van der Waals surface area contributed by atoms with Crippen LogP contribution in [0.4, 0.5) is 0 Å². The molecule has 0 fully saturated rings. The van der Waals surface area contributed by atoms with Gasteiger partial charge in [0.15, 0.2) is 5.78 Å². The van der Waals surface area contributed by atoms with Crippen LogP contribution in [0, 0.1) is 0 Å². The summed E-state index contributed by atoms with van der Waals surface area (Å²) in [6, 6.07) is 1.73. The first-order valence-corrected chi connectivity index (χ1v) is 5.73. The van der Waals surface area contributed by atoms with E-state index < -0.39 is 0 Å². The fraction of sp³-hybridized carbons (Fsp3) is 0.417. The van der Waals surface area contributed by atoms with Crippen LogP contribution in [-0.2, 0) is 20.0 Å². The van der Waals surface area contributed by atoms with Crippen molar-refractivity contribution in [3.05, 3.63) is 36.2 Å². The minimum absolute atomic E-state index is 0.00848. The Hall–Kier alpha value is -1.91. The summed E-state index contributed by atoms with van der Waals surface area (Å²) in [7, 11) is 1.80. The van der Waals surface area contributed by atoms with Crippen LogP contribution < -0.4 is 0 Å². The van der Waals surface area contributed by atoms with E-state index in [1.54, 1.807) is 30.2 Å². The number of imidazole rings is 1. The van der Waals surface area contributed by atoms with Crippen molar-refractivity contribution in [3.8, 4) is 0 Å². The fourth-order valence-electron chi connectivity index (χ4n) is 1.75. The van der Waals surface area contributed by atoms with Gasteiger partial charge in [0.05, 0.1) is 6.42 Å². The van der Waals surface area contributed by atoms with E-state index in [0.29, 0.717) is 12.1 Å². The summed E-state index contributed by atoms with van der Waals surface area (Å²) in [5.41, 5.74) is 0.499. The van der Waals surface area contributed by atoms with Crippen LogP contribution >= 0.6 is 0 Å². The number of hydrogen-bond donors (Lipinski definition) is 0. The van der Waals surface area contributed by atoms with Crippen LogP contribution in [0.1, 0.15) is 29.7 Å². The zero-order valence-electron chi connectivity index (χ0n) is 10.1. The van der Waals surface area contributed by atoms with Crippen molar-refractivity contribution in [1.29, 1.82) is 0 Å². The molecule has 5 heteroatoms. The zero-order valence-corrected chi connectivity index (χ0v) is 10.1. The second kappa shape index (κ2) is 4.95. The van der Waals surface area contributed by atoms with Crippen LogP contribution in [0.5, 0.6) is 0 Å². The molecule has 0 aliphatic rings. The summed E-state index contributed by atoms with van der Waals surface area (Å²) in [5.74, 6) is 0.816. The van der Waals surface area contributed by atoms with Crippen molar-refractivity contribution >= 4 is 5.78 Å². The van der Waals surface area contributed by atoms with Crippen molar-refractivity contribution in [1.82, 2.24) is 19.3 Å². The Morgan fingerprint density at radius 3 is 2.88 bits per heavy atom. The van der Waals surface area contributed by atoms with Gasteiger partial charge in [0.1, 0.15) is 11.5 Å². The summed E-state index contributed by atoms with van der Waals surface area (Å²) >= 11 is 0. The lowest BCUT2D eigenvalue weighted by Gasteiger charge is -2.04. The maximum atomic E-state index is 12.0. The van der Waals surface area contributed by atoms with Crippen molar-refractivity contribution in [2.75, 3.05) is 0 Å². The monoisotopic (exact) mass is 232 g/mol.